The van der Waals surface area contributed by atoms with Crippen molar-refractivity contribution in [2.45, 2.75) is 6.92 Å². The fraction of sp³-hybridized carbons (Fsp3) is 0.143. The maximum atomic E-state index is 8.81. The second-order valence-electron chi connectivity index (χ2n) is 1.84. The molecule has 0 spiro atoms. The first-order chi connectivity index (χ1) is 3.79. The fourth-order valence-electron chi connectivity index (χ4n) is 0.628. The van der Waals surface area contributed by atoms with Gasteiger partial charge in [-0.1, -0.05) is 12.1 Å². The molecule has 1 rings (SSSR count). The molecule has 0 aromatic heterocycles. The second-order valence-corrected chi connectivity index (χ2v) is 1.84. The fourth-order valence-corrected chi connectivity index (χ4v) is 0.628. The van der Waals surface area contributed by atoms with Crippen molar-refractivity contribution in [3.05, 3.63) is 29.8 Å². The second kappa shape index (κ2) is 4.02. The number of benzene rings is 1. The Labute approximate surface area is 80.0 Å². The molecule has 45 valence electrons. The van der Waals surface area contributed by atoms with Gasteiger partial charge >= 0.3 is 0 Å². The molecule has 0 aliphatic heterocycles. The molecule has 2 heteroatoms. The van der Waals surface area contributed by atoms with Crippen molar-refractivity contribution in [1.29, 1.82) is 0 Å². The predicted molar refractivity (Wildman–Crippen MR) is 32.8 cm³/mol. The molecule has 0 amide bonds. The molecule has 1 aromatic carbocycles. The van der Waals surface area contributed by atoms with Crippen molar-refractivity contribution in [3.63, 3.8) is 0 Å². The molecule has 0 saturated carbocycles. The van der Waals surface area contributed by atoms with Crippen molar-refractivity contribution in [2.24, 2.45) is 0 Å². The molecule has 1 aromatic rings. The Morgan fingerprint density at radius 3 is 2.33 bits per heavy atom. The van der Waals surface area contributed by atoms with Crippen molar-refractivity contribution in [3.8, 4) is 5.75 Å². The number of hydrogen-bond donors (Lipinski definition) is 1. The minimum absolute atomic E-state index is 0. The van der Waals surface area contributed by atoms with E-state index in [1.165, 1.54) is 0 Å². The van der Waals surface area contributed by atoms with E-state index in [0.717, 1.165) is 5.56 Å². The van der Waals surface area contributed by atoms with Crippen LogP contribution in [0.2, 0.25) is 0 Å². The Balaban J connectivity index is 0.000000640. The summed E-state index contributed by atoms with van der Waals surface area (Å²) in [7, 11) is 0. The number of rotatable bonds is 0. The maximum absolute atomic E-state index is 8.81. The van der Waals surface area contributed by atoms with Crippen molar-refractivity contribution in [2.75, 3.05) is 0 Å². The summed E-state index contributed by atoms with van der Waals surface area (Å²) in [6, 6.07) is 7.15. The van der Waals surface area contributed by atoms with Crippen LogP contribution < -0.4 is 0 Å². The first kappa shape index (κ1) is 9.12. The standard InChI is InChI=1S/C7H8O.Y/c1-6-3-2-4-7(8)5-6;/h2-5,8H,1H3;. The van der Waals surface area contributed by atoms with E-state index in [2.05, 4.69) is 0 Å². The smallest absolute Gasteiger partial charge is 0.115 e. The first-order valence-electron chi connectivity index (χ1n) is 2.54. The molecule has 0 bridgehead atoms. The largest absolute Gasteiger partial charge is 0.508 e. The van der Waals surface area contributed by atoms with Gasteiger partial charge in [-0.05, 0) is 24.6 Å². The molecule has 1 radical (unpaired) electrons. The molecule has 1 nitrogen and oxygen atoms in total. The average molecular weight is 197 g/mol. The zero-order valence-corrected chi connectivity index (χ0v) is 8.17. The van der Waals surface area contributed by atoms with Gasteiger partial charge in [-0.25, -0.2) is 0 Å². The summed E-state index contributed by atoms with van der Waals surface area (Å²) in [5.41, 5.74) is 1.09. The first-order valence-corrected chi connectivity index (χ1v) is 2.54. The van der Waals surface area contributed by atoms with Crippen LogP contribution in [0.4, 0.5) is 0 Å². The summed E-state index contributed by atoms with van der Waals surface area (Å²) in [6.45, 7) is 1.94. The molecule has 0 unspecified atom stereocenters. The van der Waals surface area contributed by atoms with E-state index in [4.69, 9.17) is 5.11 Å². The Bertz CT molecular complexity index is 169. The van der Waals surface area contributed by atoms with Crippen LogP contribution in [-0.2, 0) is 32.7 Å². The van der Waals surface area contributed by atoms with E-state index < -0.39 is 0 Å². The van der Waals surface area contributed by atoms with Crippen LogP contribution in [0, 0.1) is 6.92 Å². The van der Waals surface area contributed by atoms with Crippen LogP contribution >= 0.6 is 0 Å². The van der Waals surface area contributed by atoms with Crippen molar-refractivity contribution >= 4 is 0 Å². The zero-order valence-electron chi connectivity index (χ0n) is 5.33. The van der Waals surface area contributed by atoms with Crippen LogP contribution in [0.3, 0.4) is 0 Å². The number of aryl methyl sites for hydroxylation is 1. The summed E-state index contributed by atoms with van der Waals surface area (Å²) >= 11 is 0. The third-order valence-electron chi connectivity index (χ3n) is 1.00. The number of phenolic OH excluding ortho intramolecular Hbond substituents is 1. The number of aromatic hydroxyl groups is 1. The summed E-state index contributed by atoms with van der Waals surface area (Å²) in [6.07, 6.45) is 0. The van der Waals surface area contributed by atoms with Crippen LogP contribution in [-0.4, -0.2) is 5.11 Å². The molecule has 0 atom stereocenters. The minimum atomic E-state index is 0. The molecule has 9 heavy (non-hydrogen) atoms. The van der Waals surface area contributed by atoms with Crippen LogP contribution in [0.15, 0.2) is 24.3 Å². The molecular formula is C7H8OY. The van der Waals surface area contributed by atoms with Crippen molar-refractivity contribution < 1.29 is 37.8 Å². The Hall–Kier alpha value is 0.124. The predicted octanol–water partition coefficient (Wildman–Crippen LogP) is 1.70. The summed E-state index contributed by atoms with van der Waals surface area (Å²) in [5.74, 6) is 0.338. The van der Waals surface area contributed by atoms with Crippen molar-refractivity contribution in [1.82, 2.24) is 0 Å². The summed E-state index contributed by atoms with van der Waals surface area (Å²) < 4.78 is 0. The van der Waals surface area contributed by atoms with Gasteiger partial charge in [0.15, 0.2) is 0 Å². The molecular weight excluding hydrogens is 189 g/mol. The quantitative estimate of drug-likeness (QED) is 0.671. The molecule has 1 N–H and O–H groups in total. The molecule has 0 saturated heterocycles. The topological polar surface area (TPSA) is 20.2 Å². The van der Waals surface area contributed by atoms with Gasteiger partial charge in [0, 0.05) is 32.7 Å². The van der Waals surface area contributed by atoms with Gasteiger partial charge in [-0.2, -0.15) is 0 Å². The molecule has 0 heterocycles. The normalized spacial score (nSPS) is 8.11. The maximum Gasteiger partial charge on any atom is 0.115 e. The zero-order chi connectivity index (χ0) is 5.98. The van der Waals surface area contributed by atoms with Crippen LogP contribution in [0.25, 0.3) is 0 Å². The van der Waals surface area contributed by atoms with Gasteiger partial charge in [-0.3, -0.25) is 0 Å². The Morgan fingerprint density at radius 2 is 2.00 bits per heavy atom. The molecule has 0 aliphatic rings. The van der Waals surface area contributed by atoms with Crippen LogP contribution in [0.1, 0.15) is 5.56 Å². The van der Waals surface area contributed by atoms with E-state index in [1.807, 2.05) is 19.1 Å². The van der Waals surface area contributed by atoms with E-state index in [-0.39, 0.29) is 32.7 Å². The minimum Gasteiger partial charge on any atom is -0.508 e. The number of phenols is 1. The van der Waals surface area contributed by atoms with Gasteiger partial charge in [0.1, 0.15) is 5.75 Å². The summed E-state index contributed by atoms with van der Waals surface area (Å²) in [5, 5.41) is 8.81. The molecule has 0 aliphatic carbocycles. The van der Waals surface area contributed by atoms with E-state index in [9.17, 15) is 0 Å². The van der Waals surface area contributed by atoms with E-state index in [0.29, 0.717) is 5.75 Å². The van der Waals surface area contributed by atoms with Gasteiger partial charge in [-0.15, -0.1) is 0 Å². The summed E-state index contributed by atoms with van der Waals surface area (Å²) in [4.78, 5) is 0. The third-order valence-corrected chi connectivity index (χ3v) is 1.00. The molecule has 0 fully saturated rings. The Kier molecular flexibility index (Phi) is 4.08. The van der Waals surface area contributed by atoms with Gasteiger partial charge in [0.25, 0.3) is 0 Å². The van der Waals surface area contributed by atoms with Gasteiger partial charge in [0.2, 0.25) is 0 Å². The van der Waals surface area contributed by atoms with E-state index in [1.54, 1.807) is 12.1 Å². The monoisotopic (exact) mass is 197 g/mol. The third kappa shape index (κ3) is 2.97. The average Bonchev–Trinajstić information content (AvgIpc) is 1.64. The van der Waals surface area contributed by atoms with E-state index >= 15 is 0 Å². The Morgan fingerprint density at radius 1 is 1.33 bits per heavy atom. The van der Waals surface area contributed by atoms with Gasteiger partial charge in [0.05, 0.1) is 0 Å². The number of hydrogen-bond acceptors (Lipinski definition) is 1. The van der Waals surface area contributed by atoms with Gasteiger partial charge < -0.3 is 5.11 Å². The van der Waals surface area contributed by atoms with Crippen LogP contribution in [0.5, 0.6) is 5.75 Å². The SMILES string of the molecule is Cc1cccc(O)c1.[Y].